The Morgan fingerprint density at radius 3 is 2.67 bits per heavy atom. The maximum atomic E-state index is 11.9. The SMILES string of the molecule is Cc1cncc(NC(=O)Nc2cccc(Cl)c2C(=O)O)c1. The van der Waals surface area contributed by atoms with E-state index in [-0.39, 0.29) is 16.3 Å². The first kappa shape index (κ1) is 14.8. The standard InChI is InChI=1S/C14H12ClN3O3/c1-8-5-9(7-16-6-8)17-14(21)18-11-4-2-3-10(15)12(11)13(19)20/h2-7H,1H3,(H,19,20)(H2,17,18,21). The van der Waals surface area contributed by atoms with Gasteiger partial charge in [-0.05, 0) is 30.7 Å². The van der Waals surface area contributed by atoms with Crippen molar-refractivity contribution in [3.8, 4) is 0 Å². The van der Waals surface area contributed by atoms with Crippen molar-refractivity contribution in [2.45, 2.75) is 6.92 Å². The van der Waals surface area contributed by atoms with Crippen LogP contribution in [0.5, 0.6) is 0 Å². The predicted molar refractivity (Wildman–Crippen MR) is 80.0 cm³/mol. The maximum Gasteiger partial charge on any atom is 0.339 e. The summed E-state index contributed by atoms with van der Waals surface area (Å²) < 4.78 is 0. The molecule has 2 aromatic rings. The molecule has 0 aliphatic heterocycles. The number of aromatic carboxylic acids is 1. The van der Waals surface area contributed by atoms with Crippen LogP contribution in [0.15, 0.2) is 36.7 Å². The monoisotopic (exact) mass is 305 g/mol. The number of carboxylic acids is 1. The van der Waals surface area contributed by atoms with E-state index < -0.39 is 12.0 Å². The van der Waals surface area contributed by atoms with Crippen molar-refractivity contribution in [2.24, 2.45) is 0 Å². The van der Waals surface area contributed by atoms with E-state index in [1.165, 1.54) is 18.3 Å². The number of aryl methyl sites for hydroxylation is 1. The molecule has 0 spiro atoms. The lowest BCUT2D eigenvalue weighted by molar-refractivity contribution is 0.0698. The van der Waals surface area contributed by atoms with Crippen molar-refractivity contribution in [3.05, 3.63) is 52.8 Å². The average Bonchev–Trinajstić information content (AvgIpc) is 2.37. The molecule has 0 radical (unpaired) electrons. The highest BCUT2D eigenvalue weighted by Crippen LogP contribution is 2.24. The Kier molecular flexibility index (Phi) is 4.39. The number of carbonyl (C=O) groups is 2. The van der Waals surface area contributed by atoms with Gasteiger partial charge in [-0.15, -0.1) is 0 Å². The number of carbonyl (C=O) groups excluding carboxylic acids is 1. The Morgan fingerprint density at radius 2 is 2.00 bits per heavy atom. The third kappa shape index (κ3) is 3.70. The van der Waals surface area contributed by atoms with Gasteiger partial charge in [0.1, 0.15) is 5.56 Å². The average molecular weight is 306 g/mol. The van der Waals surface area contributed by atoms with Crippen molar-refractivity contribution in [2.75, 3.05) is 10.6 Å². The van der Waals surface area contributed by atoms with E-state index in [0.717, 1.165) is 5.56 Å². The van der Waals surface area contributed by atoms with Gasteiger partial charge in [0, 0.05) is 6.20 Å². The molecule has 0 atom stereocenters. The van der Waals surface area contributed by atoms with Gasteiger partial charge in [-0.2, -0.15) is 0 Å². The fourth-order valence-corrected chi connectivity index (χ4v) is 2.01. The molecule has 1 aromatic heterocycles. The van der Waals surface area contributed by atoms with Crippen LogP contribution in [0, 0.1) is 6.92 Å². The molecule has 0 saturated carbocycles. The van der Waals surface area contributed by atoms with E-state index in [1.807, 2.05) is 6.92 Å². The number of anilines is 2. The molecule has 0 saturated heterocycles. The highest BCUT2D eigenvalue weighted by Gasteiger charge is 2.16. The van der Waals surface area contributed by atoms with E-state index in [1.54, 1.807) is 18.3 Å². The quantitative estimate of drug-likeness (QED) is 0.810. The number of nitrogens with zero attached hydrogens (tertiary/aromatic N) is 1. The Morgan fingerprint density at radius 1 is 1.24 bits per heavy atom. The van der Waals surface area contributed by atoms with E-state index in [4.69, 9.17) is 16.7 Å². The lowest BCUT2D eigenvalue weighted by Crippen LogP contribution is -2.21. The zero-order valence-corrected chi connectivity index (χ0v) is 11.8. The van der Waals surface area contributed by atoms with Crippen molar-refractivity contribution < 1.29 is 14.7 Å². The van der Waals surface area contributed by atoms with Crippen LogP contribution in [0.25, 0.3) is 0 Å². The van der Waals surface area contributed by atoms with Gasteiger partial charge in [-0.3, -0.25) is 4.98 Å². The second-order valence-corrected chi connectivity index (χ2v) is 4.70. The number of hydrogen-bond acceptors (Lipinski definition) is 3. The number of hydrogen-bond donors (Lipinski definition) is 3. The molecule has 7 heteroatoms. The molecule has 108 valence electrons. The summed E-state index contributed by atoms with van der Waals surface area (Å²) in [4.78, 5) is 27.0. The summed E-state index contributed by atoms with van der Waals surface area (Å²) in [5.74, 6) is -1.21. The number of urea groups is 1. The summed E-state index contributed by atoms with van der Waals surface area (Å²) in [6.07, 6.45) is 3.14. The van der Waals surface area contributed by atoms with Gasteiger partial charge in [-0.1, -0.05) is 17.7 Å². The minimum atomic E-state index is -1.21. The van der Waals surface area contributed by atoms with Crippen LogP contribution in [-0.4, -0.2) is 22.1 Å². The predicted octanol–water partition coefficient (Wildman–Crippen LogP) is 3.39. The maximum absolute atomic E-state index is 11.9. The smallest absolute Gasteiger partial charge is 0.339 e. The Bertz CT molecular complexity index is 704. The lowest BCUT2D eigenvalue weighted by atomic mass is 10.2. The first-order chi connectivity index (χ1) is 9.97. The van der Waals surface area contributed by atoms with Crippen molar-refractivity contribution in [1.29, 1.82) is 0 Å². The fourth-order valence-electron chi connectivity index (χ4n) is 1.75. The van der Waals surface area contributed by atoms with Gasteiger partial charge in [0.05, 0.1) is 22.6 Å². The Labute approximate surface area is 125 Å². The van der Waals surface area contributed by atoms with Crippen LogP contribution in [0.2, 0.25) is 5.02 Å². The third-order valence-corrected chi connectivity index (χ3v) is 2.92. The van der Waals surface area contributed by atoms with Crippen molar-refractivity contribution >= 4 is 35.0 Å². The highest BCUT2D eigenvalue weighted by molar-refractivity contribution is 6.34. The molecule has 0 unspecified atom stereocenters. The second-order valence-electron chi connectivity index (χ2n) is 4.30. The second kappa shape index (κ2) is 6.23. The van der Waals surface area contributed by atoms with Crippen molar-refractivity contribution in [1.82, 2.24) is 4.98 Å². The normalized spacial score (nSPS) is 10.0. The number of pyridine rings is 1. The van der Waals surface area contributed by atoms with Gasteiger partial charge in [0.15, 0.2) is 0 Å². The number of benzene rings is 1. The van der Waals surface area contributed by atoms with Crippen LogP contribution < -0.4 is 10.6 Å². The van der Waals surface area contributed by atoms with Gasteiger partial charge in [0.2, 0.25) is 0 Å². The molecule has 0 fully saturated rings. The fraction of sp³-hybridized carbons (Fsp3) is 0.0714. The molecule has 21 heavy (non-hydrogen) atoms. The molecule has 1 heterocycles. The van der Waals surface area contributed by atoms with E-state index in [9.17, 15) is 9.59 Å². The summed E-state index contributed by atoms with van der Waals surface area (Å²) in [6.45, 7) is 1.84. The molecule has 0 bridgehead atoms. The number of aromatic nitrogens is 1. The minimum absolute atomic E-state index is 0.0533. The van der Waals surface area contributed by atoms with E-state index >= 15 is 0 Å². The molecule has 3 N–H and O–H groups in total. The third-order valence-electron chi connectivity index (χ3n) is 2.61. The molecule has 1 aromatic carbocycles. The lowest BCUT2D eigenvalue weighted by Gasteiger charge is -2.11. The Balaban J connectivity index is 2.17. The molecule has 0 aliphatic rings. The molecule has 6 nitrogen and oxygen atoms in total. The molecule has 0 aliphatic carbocycles. The van der Waals surface area contributed by atoms with E-state index in [0.29, 0.717) is 5.69 Å². The molecular formula is C14H12ClN3O3. The van der Waals surface area contributed by atoms with Gasteiger partial charge >= 0.3 is 12.0 Å². The molecular weight excluding hydrogens is 294 g/mol. The zero-order chi connectivity index (χ0) is 15.4. The first-order valence-corrected chi connectivity index (χ1v) is 6.36. The number of carboxylic acid groups (broad SMARTS) is 1. The largest absolute Gasteiger partial charge is 0.478 e. The Hall–Kier alpha value is -2.60. The highest BCUT2D eigenvalue weighted by atomic mass is 35.5. The van der Waals surface area contributed by atoms with Gasteiger partial charge < -0.3 is 15.7 Å². The topological polar surface area (TPSA) is 91.3 Å². The summed E-state index contributed by atoms with van der Waals surface area (Å²) in [6, 6.07) is 5.62. The summed E-state index contributed by atoms with van der Waals surface area (Å²) in [5, 5.41) is 14.2. The summed E-state index contributed by atoms with van der Waals surface area (Å²) >= 11 is 5.83. The van der Waals surface area contributed by atoms with Crippen LogP contribution in [0.1, 0.15) is 15.9 Å². The first-order valence-electron chi connectivity index (χ1n) is 5.99. The van der Waals surface area contributed by atoms with Crippen LogP contribution in [-0.2, 0) is 0 Å². The van der Waals surface area contributed by atoms with Crippen LogP contribution in [0.3, 0.4) is 0 Å². The summed E-state index contributed by atoms with van der Waals surface area (Å²) in [7, 11) is 0. The molecule has 2 rings (SSSR count). The minimum Gasteiger partial charge on any atom is -0.478 e. The number of halogens is 1. The van der Waals surface area contributed by atoms with Crippen LogP contribution >= 0.6 is 11.6 Å². The zero-order valence-electron chi connectivity index (χ0n) is 11.1. The van der Waals surface area contributed by atoms with E-state index in [2.05, 4.69) is 15.6 Å². The number of nitrogens with one attached hydrogen (secondary N) is 2. The number of rotatable bonds is 3. The number of amides is 2. The van der Waals surface area contributed by atoms with Crippen molar-refractivity contribution in [3.63, 3.8) is 0 Å². The summed E-state index contributed by atoms with van der Waals surface area (Å²) in [5.41, 5.74) is 1.36. The van der Waals surface area contributed by atoms with Crippen LogP contribution in [0.4, 0.5) is 16.2 Å². The van der Waals surface area contributed by atoms with Gasteiger partial charge in [-0.25, -0.2) is 9.59 Å². The van der Waals surface area contributed by atoms with Gasteiger partial charge in [0.25, 0.3) is 0 Å². The molecule has 2 amide bonds.